The molecule has 0 unspecified atom stereocenters. The molecule has 0 aliphatic heterocycles. The lowest BCUT2D eigenvalue weighted by atomic mass is 10.1. The highest BCUT2D eigenvalue weighted by atomic mass is 19.1. The fraction of sp³-hybridized carbons (Fsp3) is 0.217. The van der Waals surface area contributed by atoms with E-state index < -0.39 is 0 Å². The fourth-order valence-corrected chi connectivity index (χ4v) is 3.75. The maximum atomic E-state index is 13.9. The van der Waals surface area contributed by atoms with Crippen LogP contribution < -0.4 is 5.56 Å². The molecule has 4 nitrogen and oxygen atoms in total. The minimum Gasteiger partial charge on any atom is -0.288 e. The van der Waals surface area contributed by atoms with Gasteiger partial charge in [0.2, 0.25) is 0 Å². The highest BCUT2D eigenvalue weighted by Crippen LogP contribution is 2.25. The summed E-state index contributed by atoms with van der Waals surface area (Å²) < 4.78 is 17.3. The smallest absolute Gasteiger partial charge is 0.252 e. The molecule has 2 aromatic heterocycles. The number of nitrogens with zero attached hydrogens (tertiary/aromatic N) is 3. The van der Waals surface area contributed by atoms with Crippen molar-refractivity contribution in [3.05, 3.63) is 92.6 Å². The first-order valence-corrected chi connectivity index (χ1v) is 9.27. The summed E-state index contributed by atoms with van der Waals surface area (Å²) in [7, 11) is 0. The van der Waals surface area contributed by atoms with Crippen molar-refractivity contribution >= 4 is 11.0 Å². The molecule has 0 N–H and O–H groups in total. The number of halogens is 1. The summed E-state index contributed by atoms with van der Waals surface area (Å²) in [4.78, 5) is 13.0. The topological polar surface area (TPSA) is 39.8 Å². The predicted molar refractivity (Wildman–Crippen MR) is 110 cm³/mol. The zero-order valence-electron chi connectivity index (χ0n) is 16.5. The van der Waals surface area contributed by atoms with E-state index in [4.69, 9.17) is 0 Å². The lowest BCUT2D eigenvalue weighted by Gasteiger charge is -2.14. The van der Waals surface area contributed by atoms with Crippen molar-refractivity contribution in [2.24, 2.45) is 0 Å². The third kappa shape index (κ3) is 3.03. The van der Waals surface area contributed by atoms with Gasteiger partial charge in [0, 0.05) is 11.5 Å². The Morgan fingerprint density at radius 3 is 2.50 bits per heavy atom. The van der Waals surface area contributed by atoms with E-state index >= 15 is 0 Å². The van der Waals surface area contributed by atoms with E-state index in [2.05, 4.69) is 23.3 Å². The predicted octanol–water partition coefficient (Wildman–Crippen LogP) is 4.61. The van der Waals surface area contributed by atoms with E-state index in [1.165, 1.54) is 12.1 Å². The summed E-state index contributed by atoms with van der Waals surface area (Å²) in [6.07, 6.45) is 0. The quantitative estimate of drug-likeness (QED) is 0.525. The monoisotopic (exact) mass is 375 g/mol. The summed E-state index contributed by atoms with van der Waals surface area (Å²) >= 11 is 0. The van der Waals surface area contributed by atoms with Gasteiger partial charge in [0.1, 0.15) is 11.5 Å². The number of hydrogen-bond donors (Lipinski definition) is 0. The molecule has 2 heterocycles. The Kier molecular flexibility index (Phi) is 4.38. The summed E-state index contributed by atoms with van der Waals surface area (Å²) in [6, 6.07) is 14.2. The standard InChI is InChI=1S/C23H22FN3O/c1-14-8-9-15(2)18(10-14)13-26-21(28)11-16(3)22-17(4)25-27(23(22)26)20-7-5-6-19(24)12-20/h5-12H,13H2,1-4H3. The van der Waals surface area contributed by atoms with E-state index in [0.717, 1.165) is 33.3 Å². The third-order valence-electron chi connectivity index (χ3n) is 5.18. The van der Waals surface area contributed by atoms with Gasteiger partial charge < -0.3 is 0 Å². The van der Waals surface area contributed by atoms with Crippen LogP contribution in [0.1, 0.15) is 27.9 Å². The van der Waals surface area contributed by atoms with Crippen LogP contribution in [0.2, 0.25) is 0 Å². The highest BCUT2D eigenvalue weighted by molar-refractivity contribution is 5.83. The third-order valence-corrected chi connectivity index (χ3v) is 5.18. The van der Waals surface area contributed by atoms with E-state index in [9.17, 15) is 9.18 Å². The second kappa shape index (κ2) is 6.75. The molecule has 4 aromatic rings. The zero-order chi connectivity index (χ0) is 20.0. The van der Waals surface area contributed by atoms with Crippen LogP contribution in [0.25, 0.3) is 16.7 Å². The average molecular weight is 375 g/mol. The molecule has 28 heavy (non-hydrogen) atoms. The minimum atomic E-state index is -0.338. The van der Waals surface area contributed by atoms with Gasteiger partial charge in [-0.2, -0.15) is 5.10 Å². The van der Waals surface area contributed by atoms with Gasteiger partial charge in [0.25, 0.3) is 5.56 Å². The number of pyridine rings is 1. The number of hydrogen-bond acceptors (Lipinski definition) is 2. The number of aryl methyl sites for hydroxylation is 4. The van der Waals surface area contributed by atoms with Gasteiger partial charge in [-0.1, -0.05) is 29.8 Å². The lowest BCUT2D eigenvalue weighted by molar-refractivity contribution is 0.625. The SMILES string of the molecule is Cc1ccc(C)c(Cn2c(=O)cc(C)c3c(C)nn(-c4cccc(F)c4)c32)c1. The van der Waals surface area contributed by atoms with Crippen LogP contribution in [0.5, 0.6) is 0 Å². The molecule has 0 fully saturated rings. The minimum absolute atomic E-state index is 0.0940. The zero-order valence-corrected chi connectivity index (χ0v) is 16.5. The molecule has 0 saturated heterocycles. The van der Waals surface area contributed by atoms with E-state index in [0.29, 0.717) is 17.9 Å². The van der Waals surface area contributed by atoms with Gasteiger partial charge in [0.05, 0.1) is 17.9 Å². The van der Waals surface area contributed by atoms with Gasteiger partial charge in [0.15, 0.2) is 0 Å². The highest BCUT2D eigenvalue weighted by Gasteiger charge is 2.18. The fourth-order valence-electron chi connectivity index (χ4n) is 3.75. The van der Waals surface area contributed by atoms with Crippen molar-refractivity contribution < 1.29 is 4.39 Å². The normalized spacial score (nSPS) is 11.3. The molecule has 0 spiro atoms. The van der Waals surface area contributed by atoms with Crippen molar-refractivity contribution in [3.63, 3.8) is 0 Å². The van der Waals surface area contributed by atoms with Gasteiger partial charge in [-0.3, -0.25) is 9.36 Å². The first-order chi connectivity index (χ1) is 13.3. The van der Waals surface area contributed by atoms with Gasteiger partial charge >= 0.3 is 0 Å². The molecular formula is C23H22FN3O. The summed E-state index contributed by atoms with van der Waals surface area (Å²) in [5, 5.41) is 5.56. The molecule has 2 aromatic carbocycles. The number of aromatic nitrogens is 3. The molecule has 0 aliphatic carbocycles. The lowest BCUT2D eigenvalue weighted by Crippen LogP contribution is -2.23. The summed E-state index contributed by atoms with van der Waals surface area (Å²) in [5.41, 5.74) is 6.22. The van der Waals surface area contributed by atoms with Crippen LogP contribution >= 0.6 is 0 Å². The molecule has 0 bridgehead atoms. The molecule has 4 rings (SSSR count). The Balaban J connectivity index is 2.03. The summed E-state index contributed by atoms with van der Waals surface area (Å²) in [6.45, 7) is 8.34. The van der Waals surface area contributed by atoms with Gasteiger partial charge in [-0.15, -0.1) is 0 Å². The second-order valence-corrected chi connectivity index (χ2v) is 7.36. The summed E-state index contributed by atoms with van der Waals surface area (Å²) in [5.74, 6) is -0.338. The molecule has 0 atom stereocenters. The molecule has 0 amide bonds. The average Bonchev–Trinajstić information content (AvgIpc) is 2.99. The molecule has 0 saturated carbocycles. The number of rotatable bonds is 3. The van der Waals surface area contributed by atoms with Crippen LogP contribution in [0.15, 0.2) is 53.3 Å². The second-order valence-electron chi connectivity index (χ2n) is 7.36. The largest absolute Gasteiger partial charge is 0.288 e. The maximum absolute atomic E-state index is 13.9. The Labute approximate surface area is 162 Å². The van der Waals surface area contributed by atoms with Crippen molar-refractivity contribution in [1.82, 2.24) is 14.3 Å². The Morgan fingerprint density at radius 2 is 1.75 bits per heavy atom. The molecule has 0 radical (unpaired) electrons. The van der Waals surface area contributed by atoms with E-state index in [-0.39, 0.29) is 11.4 Å². The van der Waals surface area contributed by atoms with Crippen LogP contribution in [-0.4, -0.2) is 14.3 Å². The molecular weight excluding hydrogens is 353 g/mol. The molecule has 0 aliphatic rings. The van der Waals surface area contributed by atoms with Crippen LogP contribution in [0, 0.1) is 33.5 Å². The van der Waals surface area contributed by atoms with Crippen molar-refractivity contribution in [3.8, 4) is 5.69 Å². The van der Waals surface area contributed by atoms with Gasteiger partial charge in [-0.25, -0.2) is 9.07 Å². The van der Waals surface area contributed by atoms with Crippen LogP contribution in [0.3, 0.4) is 0 Å². The van der Waals surface area contributed by atoms with Crippen LogP contribution in [0.4, 0.5) is 4.39 Å². The van der Waals surface area contributed by atoms with Crippen LogP contribution in [-0.2, 0) is 6.54 Å². The van der Waals surface area contributed by atoms with Crippen molar-refractivity contribution in [2.75, 3.05) is 0 Å². The first kappa shape index (κ1) is 18.2. The number of benzene rings is 2. The Morgan fingerprint density at radius 1 is 0.964 bits per heavy atom. The molecule has 5 heteroatoms. The Hall–Kier alpha value is -3.21. The van der Waals surface area contributed by atoms with E-state index in [1.54, 1.807) is 27.4 Å². The maximum Gasteiger partial charge on any atom is 0.252 e. The van der Waals surface area contributed by atoms with E-state index in [1.807, 2.05) is 27.7 Å². The number of fused-ring (bicyclic) bond motifs is 1. The molecule has 142 valence electrons. The van der Waals surface area contributed by atoms with Crippen molar-refractivity contribution in [1.29, 1.82) is 0 Å². The first-order valence-electron chi connectivity index (χ1n) is 9.27. The van der Waals surface area contributed by atoms with Gasteiger partial charge in [-0.05, 0) is 62.6 Å². The van der Waals surface area contributed by atoms with Crippen molar-refractivity contribution in [2.45, 2.75) is 34.2 Å². The Bertz CT molecular complexity index is 1270.